The zero-order valence-electron chi connectivity index (χ0n) is 36.8. The molecule has 3 N–H and O–H groups in total. The Morgan fingerprint density at radius 3 is 2.54 bits per heavy atom. The van der Waals surface area contributed by atoms with Gasteiger partial charge in [-0.05, 0) is 91.3 Å². The van der Waals surface area contributed by atoms with Crippen LogP contribution in [-0.4, -0.2) is 113 Å². The maximum atomic E-state index is 13.1. The lowest BCUT2D eigenvalue weighted by molar-refractivity contribution is -0.145. The molecule has 4 heterocycles. The molecule has 338 valence electrons. The number of pyridine rings is 1. The highest BCUT2D eigenvalue weighted by atomic mass is 35.5. The van der Waals surface area contributed by atoms with Gasteiger partial charge < -0.3 is 39.7 Å². The summed E-state index contributed by atoms with van der Waals surface area (Å²) < 4.78 is 29.9. The van der Waals surface area contributed by atoms with Gasteiger partial charge in [-0.15, -0.1) is 0 Å². The number of methoxy groups -OCH3 is 1. The lowest BCUT2D eigenvalue weighted by atomic mass is 9.85. The summed E-state index contributed by atoms with van der Waals surface area (Å²) in [5.74, 6) is 1.75. The maximum absolute atomic E-state index is 13.1. The Morgan fingerprint density at radius 2 is 1.78 bits per heavy atom. The number of benzene rings is 3. The average Bonchev–Trinajstić information content (AvgIpc) is 3.72. The Kier molecular flexibility index (Phi) is 14.8. The molecule has 16 heteroatoms. The fraction of sp³-hybridized carbons (Fsp3) is 0.347. The van der Waals surface area contributed by atoms with Crippen LogP contribution in [-0.2, 0) is 17.8 Å². The summed E-state index contributed by atoms with van der Waals surface area (Å²) in [5.41, 5.74) is 5.15. The van der Waals surface area contributed by atoms with Crippen LogP contribution in [0.2, 0.25) is 5.02 Å². The number of piperazine rings is 1. The highest BCUT2D eigenvalue weighted by molar-refractivity contribution is 7.13. The van der Waals surface area contributed by atoms with Crippen LogP contribution in [0.25, 0.3) is 38.2 Å². The minimum Gasteiger partial charge on any atom is -0.496 e. The van der Waals surface area contributed by atoms with E-state index < -0.39 is 12.1 Å². The summed E-state index contributed by atoms with van der Waals surface area (Å²) in [7, 11) is 3.74. The number of likely N-dealkylation sites (N-methyl/N-ethyl adjacent to an activating group) is 1. The second-order valence-electron chi connectivity index (χ2n) is 16.3. The second kappa shape index (κ2) is 21.2. The smallest absolute Gasteiger partial charge is 0.345 e. The molecule has 1 unspecified atom stereocenters. The molecule has 1 saturated heterocycles. The Morgan fingerprint density at radius 1 is 1.00 bits per heavy atom. The van der Waals surface area contributed by atoms with Crippen molar-refractivity contribution in [3.8, 4) is 45.6 Å². The van der Waals surface area contributed by atoms with Gasteiger partial charge in [0, 0.05) is 81.6 Å². The second-order valence-corrected chi connectivity index (χ2v) is 17.5. The van der Waals surface area contributed by atoms with E-state index in [1.54, 1.807) is 31.6 Å². The van der Waals surface area contributed by atoms with Gasteiger partial charge in [-0.25, -0.2) is 14.8 Å². The summed E-state index contributed by atoms with van der Waals surface area (Å²) in [6.45, 7) is 8.13. The zero-order valence-corrected chi connectivity index (χ0v) is 38.3. The van der Waals surface area contributed by atoms with Crippen LogP contribution < -0.4 is 24.3 Å². The molecule has 65 heavy (non-hydrogen) atoms. The number of fused-ring (bicyclic) bond motifs is 1. The van der Waals surface area contributed by atoms with E-state index in [0.29, 0.717) is 78.8 Å². The molecule has 3 aromatic carbocycles. The van der Waals surface area contributed by atoms with Crippen LogP contribution in [0, 0.1) is 18.3 Å². The van der Waals surface area contributed by atoms with E-state index in [1.165, 1.54) is 25.5 Å². The van der Waals surface area contributed by atoms with E-state index in [9.17, 15) is 9.90 Å². The third-order valence-electron chi connectivity index (χ3n) is 12.0. The first kappa shape index (κ1) is 45.4. The molecule has 0 bridgehead atoms. The van der Waals surface area contributed by atoms with Crippen molar-refractivity contribution >= 4 is 51.0 Å². The van der Waals surface area contributed by atoms with Crippen LogP contribution in [0.3, 0.4) is 0 Å². The first-order valence-corrected chi connectivity index (χ1v) is 23.0. The molecule has 0 spiro atoms. The average molecular weight is 918 g/mol. The molecule has 1 aliphatic heterocycles. The SMILES string of the molecule is COc1ccccc1-c1nccc(COc2ccccc2CC(Oc2nsc3cnc(/C(C=N)=C/NCC4CCC4)c(-c4ccc(OCCN5CCN(C)CC5)c(Cl)c4C)c23)C(=O)O)n1. The number of halogens is 1. The van der Waals surface area contributed by atoms with Gasteiger partial charge in [0.15, 0.2) is 5.82 Å². The van der Waals surface area contributed by atoms with Crippen molar-refractivity contribution in [1.82, 2.24) is 34.4 Å². The van der Waals surface area contributed by atoms with E-state index in [-0.39, 0.29) is 18.9 Å². The van der Waals surface area contributed by atoms with Gasteiger partial charge in [-0.1, -0.05) is 54.4 Å². The van der Waals surface area contributed by atoms with Gasteiger partial charge in [-0.2, -0.15) is 4.37 Å². The number of para-hydroxylation sites is 2. The van der Waals surface area contributed by atoms with Crippen molar-refractivity contribution in [2.75, 3.05) is 60.0 Å². The molecule has 2 fully saturated rings. The van der Waals surface area contributed by atoms with Gasteiger partial charge >= 0.3 is 5.97 Å². The Bertz CT molecular complexity index is 2670. The highest BCUT2D eigenvalue weighted by Gasteiger charge is 2.28. The number of aromatic nitrogens is 4. The molecular weight excluding hydrogens is 864 g/mol. The largest absolute Gasteiger partial charge is 0.496 e. The van der Waals surface area contributed by atoms with E-state index in [0.717, 1.165) is 67.5 Å². The van der Waals surface area contributed by atoms with Gasteiger partial charge in [-0.3, -0.25) is 9.88 Å². The Hall–Kier alpha value is -6.13. The Labute approximate surface area is 387 Å². The summed E-state index contributed by atoms with van der Waals surface area (Å²) >= 11 is 8.28. The van der Waals surface area contributed by atoms with E-state index in [4.69, 9.17) is 45.9 Å². The van der Waals surface area contributed by atoms with Gasteiger partial charge in [0.05, 0.1) is 39.2 Å². The highest BCUT2D eigenvalue weighted by Crippen LogP contribution is 2.45. The van der Waals surface area contributed by atoms with E-state index in [1.807, 2.05) is 67.7 Å². The number of hydrogen-bond acceptors (Lipinski definition) is 14. The molecule has 3 aromatic heterocycles. The molecule has 0 amide bonds. The fourth-order valence-electron chi connectivity index (χ4n) is 8.00. The first-order valence-electron chi connectivity index (χ1n) is 21.8. The normalized spacial score (nSPS) is 15.3. The van der Waals surface area contributed by atoms with Crippen molar-refractivity contribution in [1.29, 1.82) is 5.41 Å². The summed E-state index contributed by atoms with van der Waals surface area (Å²) in [6, 6.07) is 20.4. The van der Waals surface area contributed by atoms with Crippen molar-refractivity contribution in [2.45, 2.75) is 45.3 Å². The van der Waals surface area contributed by atoms with Crippen LogP contribution in [0.15, 0.2) is 85.3 Å². The lowest BCUT2D eigenvalue weighted by Gasteiger charge is -2.32. The van der Waals surface area contributed by atoms with Crippen molar-refractivity contribution in [3.63, 3.8) is 0 Å². The summed E-state index contributed by atoms with van der Waals surface area (Å²) in [6.07, 6.45) is 8.65. The predicted molar refractivity (Wildman–Crippen MR) is 255 cm³/mol. The molecule has 1 aliphatic carbocycles. The maximum Gasteiger partial charge on any atom is 0.345 e. The number of carboxylic acid groups (broad SMARTS) is 1. The quantitative estimate of drug-likeness (QED) is 0.0625. The zero-order chi connectivity index (χ0) is 45.3. The minimum atomic E-state index is -1.35. The van der Waals surface area contributed by atoms with Crippen molar-refractivity contribution < 1.29 is 28.8 Å². The van der Waals surface area contributed by atoms with Crippen LogP contribution in [0.4, 0.5) is 0 Å². The topological polar surface area (TPSA) is 168 Å². The Balaban J connectivity index is 1.08. The van der Waals surface area contributed by atoms with Crippen LogP contribution >= 0.6 is 23.1 Å². The van der Waals surface area contributed by atoms with E-state index >= 15 is 0 Å². The molecule has 6 aromatic rings. The molecule has 14 nitrogen and oxygen atoms in total. The molecule has 1 atom stereocenters. The number of nitrogens with zero attached hydrogens (tertiary/aromatic N) is 6. The number of carbonyl (C=O) groups is 1. The summed E-state index contributed by atoms with van der Waals surface area (Å²) in [4.78, 5) is 31.9. The minimum absolute atomic E-state index is 0.0319. The molecular formula is C49H53ClN8O6S. The standard InChI is InChI=1S/C49H53ClN8O6S/c1-31-36(15-16-40(45(31)50)62-24-23-58-21-19-57(2)20-22-58)43-44-42(29-54-46(43)34(26-51)28-52-27-32-9-8-10-32)65-56-48(44)64-41(49(59)60)25-33-11-4-6-13-38(33)63-30-35-17-18-53-47(55-35)37-12-5-7-14-39(37)61-3/h4-7,11-18,26,28-29,32,41,51-52H,8-10,19-25,27,30H2,1-3H3,(H,59,60)/b34-28+,51-26?. The third kappa shape index (κ3) is 10.7. The number of hydrogen-bond donors (Lipinski definition) is 3. The molecule has 2 aliphatic rings. The fourth-order valence-corrected chi connectivity index (χ4v) is 8.91. The van der Waals surface area contributed by atoms with E-state index in [2.05, 4.69) is 31.5 Å². The third-order valence-corrected chi connectivity index (χ3v) is 13.3. The van der Waals surface area contributed by atoms with Gasteiger partial charge in [0.1, 0.15) is 30.5 Å². The van der Waals surface area contributed by atoms with Gasteiger partial charge in [0.2, 0.25) is 12.0 Å². The van der Waals surface area contributed by atoms with Crippen LogP contribution in [0.1, 0.15) is 41.8 Å². The number of carboxylic acids is 1. The molecule has 8 rings (SSSR count). The predicted octanol–water partition coefficient (Wildman–Crippen LogP) is 8.45. The van der Waals surface area contributed by atoms with Gasteiger partial charge in [0.25, 0.3) is 0 Å². The number of ether oxygens (including phenoxy) is 4. The number of allylic oxidation sites excluding steroid dienone is 1. The molecule has 1 saturated carbocycles. The molecule has 0 radical (unpaired) electrons. The number of nitrogens with one attached hydrogen (secondary N) is 2. The number of aliphatic carboxylic acids is 1. The summed E-state index contributed by atoms with van der Waals surface area (Å²) in [5, 5.41) is 23.7. The first-order chi connectivity index (χ1) is 31.7. The number of rotatable bonds is 20. The van der Waals surface area contributed by atoms with Crippen molar-refractivity contribution in [3.05, 3.63) is 113 Å². The van der Waals surface area contributed by atoms with Crippen molar-refractivity contribution in [2.24, 2.45) is 5.92 Å². The van der Waals surface area contributed by atoms with Crippen LogP contribution in [0.5, 0.6) is 23.1 Å². The lowest BCUT2D eigenvalue weighted by Crippen LogP contribution is -2.45. The monoisotopic (exact) mass is 916 g/mol.